The molecule has 55 heavy (non-hydrogen) atoms. The number of aromatic nitrogens is 2. The van der Waals surface area contributed by atoms with Crippen LogP contribution in [0.1, 0.15) is 78.5 Å². The summed E-state index contributed by atoms with van der Waals surface area (Å²) in [6.07, 6.45) is -0.179. The van der Waals surface area contributed by atoms with Gasteiger partial charge in [-0.1, -0.05) is 80.9 Å². The maximum atomic E-state index is 12.8. The van der Waals surface area contributed by atoms with Crippen molar-refractivity contribution in [1.29, 1.82) is 0 Å². The Morgan fingerprint density at radius 2 is 1.76 bits per heavy atom. The van der Waals surface area contributed by atoms with Crippen LogP contribution in [0.3, 0.4) is 0 Å². The van der Waals surface area contributed by atoms with Crippen LogP contribution < -0.4 is 11.2 Å². The number of carbonyl (C=O) groups excluding carboxylic acids is 1. The van der Waals surface area contributed by atoms with Crippen molar-refractivity contribution < 1.29 is 65.4 Å². The summed E-state index contributed by atoms with van der Waals surface area (Å²) < 4.78 is 65.3. The second-order valence-corrected chi connectivity index (χ2v) is 23.4. The minimum absolute atomic E-state index is 0.0378. The Hall–Kier alpha value is -1.09. The van der Waals surface area contributed by atoms with E-state index in [1.165, 1.54) is 32.4 Å². The molecule has 1 fully saturated rings. The fourth-order valence-corrected chi connectivity index (χ4v) is 11.5. The van der Waals surface area contributed by atoms with Gasteiger partial charge in [-0.3, -0.25) is 23.7 Å². The van der Waals surface area contributed by atoms with Crippen molar-refractivity contribution in [3.63, 3.8) is 0 Å². The molecule has 0 saturated carbocycles. The van der Waals surface area contributed by atoms with Gasteiger partial charge in [-0.05, 0) is 32.2 Å². The lowest BCUT2D eigenvalue weighted by Crippen LogP contribution is -2.33. The number of nitrogens with one attached hydrogen (secondary N) is 1. The van der Waals surface area contributed by atoms with Crippen LogP contribution in [0.4, 0.5) is 0 Å². The van der Waals surface area contributed by atoms with E-state index in [9.17, 15) is 37.9 Å². The van der Waals surface area contributed by atoms with Gasteiger partial charge in [0.05, 0.1) is 12.7 Å². The summed E-state index contributed by atoms with van der Waals surface area (Å²) in [5.74, 6) is 5.81. The minimum Gasteiger partial charge on any atom is -0.364 e. The number of carbonyl (C=O) groups is 1. The average molecular weight is 916 g/mol. The topological polar surface area (TPSA) is 308 Å². The van der Waals surface area contributed by atoms with Crippen molar-refractivity contribution in [3.05, 3.63) is 43.0 Å². The SMILES string of the molecule is CC(C)(C)SSCOC1C[C@H](n2cc(C#CCOCSSC(C)(C)CCC(=O)CCCN=[N+]=[N-])c(=O)[nH]c2=O)O[C@@H]1COP(=O)(O)OP(=O)(O)OP(=O)(O)O. The van der Waals surface area contributed by atoms with Gasteiger partial charge in [-0.15, -0.1) is 0 Å². The Labute approximate surface area is 332 Å². The summed E-state index contributed by atoms with van der Waals surface area (Å²) in [5, 5.41) is 3.42. The molecule has 21 nitrogen and oxygen atoms in total. The maximum Gasteiger partial charge on any atom is 0.490 e. The molecule has 0 aromatic carbocycles. The predicted octanol–water partition coefficient (Wildman–Crippen LogP) is 5.62. The van der Waals surface area contributed by atoms with Gasteiger partial charge >= 0.3 is 29.2 Å². The zero-order chi connectivity index (χ0) is 41.5. The fraction of sp³-hybridized carbons (Fsp3) is 0.741. The molecule has 0 bridgehead atoms. The Bertz CT molecular complexity index is 1820. The molecule has 5 atom stereocenters. The van der Waals surface area contributed by atoms with Gasteiger partial charge in [0.1, 0.15) is 42.2 Å². The molecule has 312 valence electrons. The lowest BCUT2D eigenvalue weighted by Gasteiger charge is -2.22. The van der Waals surface area contributed by atoms with Gasteiger partial charge in [0.15, 0.2) is 0 Å². The molecule has 28 heteroatoms. The van der Waals surface area contributed by atoms with Crippen LogP contribution in [0.25, 0.3) is 10.4 Å². The zero-order valence-electron chi connectivity index (χ0n) is 30.3. The van der Waals surface area contributed by atoms with E-state index in [1.54, 1.807) is 10.8 Å². The summed E-state index contributed by atoms with van der Waals surface area (Å²) >= 11 is 0. The van der Waals surface area contributed by atoms with Gasteiger partial charge in [-0.2, -0.15) is 8.62 Å². The molecule has 2 rings (SSSR count). The smallest absolute Gasteiger partial charge is 0.364 e. The number of hydrogen-bond donors (Lipinski definition) is 5. The number of nitrogens with zero attached hydrogens (tertiary/aromatic N) is 4. The maximum absolute atomic E-state index is 12.8. The van der Waals surface area contributed by atoms with E-state index < -0.39 is 59.8 Å². The molecule has 0 radical (unpaired) electrons. The Morgan fingerprint density at radius 3 is 2.42 bits per heavy atom. The number of aromatic amines is 1. The lowest BCUT2D eigenvalue weighted by atomic mass is 10.0. The third kappa shape index (κ3) is 21.5. The van der Waals surface area contributed by atoms with E-state index in [1.807, 2.05) is 34.6 Å². The average Bonchev–Trinajstić information content (AvgIpc) is 3.44. The lowest BCUT2D eigenvalue weighted by molar-refractivity contribution is -0.119. The van der Waals surface area contributed by atoms with E-state index >= 15 is 0 Å². The molecule has 5 N–H and O–H groups in total. The molecule has 1 saturated heterocycles. The van der Waals surface area contributed by atoms with Crippen molar-refractivity contribution in [1.82, 2.24) is 9.55 Å². The molecule has 2 heterocycles. The Kier molecular flexibility index (Phi) is 20.8. The molecule has 1 aliphatic heterocycles. The zero-order valence-corrected chi connectivity index (χ0v) is 36.3. The standard InChI is InChI=1S/C27H44N5O16P3S4/c1-26(2,3)54-53-18-44-21-14-23(46-22(21)16-45-50(39,40)48-51(41,42)47-49(36,37)38)32-15-19(24(34)30-25(32)35)8-7-13-43-17-52-55-27(4,5)11-10-20(33)9-6-12-29-31-28/h15,21-23H,6,9-14,16-18H2,1-5H3,(H,39,40)(H,41,42)(H,30,34,35)(H2,36,37,38)/t21?,22-,23-/m1/s1. The predicted molar refractivity (Wildman–Crippen MR) is 209 cm³/mol. The first-order valence-electron chi connectivity index (χ1n) is 16.0. The molecule has 0 aliphatic carbocycles. The highest BCUT2D eigenvalue weighted by atomic mass is 33.1. The number of hydrogen-bond acceptors (Lipinski definition) is 17. The van der Waals surface area contributed by atoms with E-state index in [2.05, 4.69) is 35.5 Å². The molecular weight excluding hydrogens is 872 g/mol. The quantitative estimate of drug-likeness (QED) is 0.0123. The molecule has 1 aromatic rings. The van der Waals surface area contributed by atoms with Crippen LogP contribution in [0.2, 0.25) is 0 Å². The van der Waals surface area contributed by atoms with Crippen molar-refractivity contribution >= 4 is 72.4 Å². The second-order valence-electron chi connectivity index (χ2n) is 12.9. The fourth-order valence-electron chi connectivity index (χ4n) is 4.21. The van der Waals surface area contributed by atoms with Crippen molar-refractivity contribution in [3.8, 4) is 11.8 Å². The third-order valence-corrected chi connectivity index (χ3v) is 16.3. The number of phosphoric ester groups is 1. The summed E-state index contributed by atoms with van der Waals surface area (Å²) in [5.41, 5.74) is 6.56. The van der Waals surface area contributed by atoms with Gasteiger partial charge < -0.3 is 33.8 Å². The van der Waals surface area contributed by atoms with Gasteiger partial charge in [0, 0.05) is 46.4 Å². The highest BCUT2D eigenvalue weighted by molar-refractivity contribution is 8.77. The number of H-pyrrole nitrogens is 1. The van der Waals surface area contributed by atoms with Crippen LogP contribution in [0, 0.1) is 11.8 Å². The third-order valence-electron chi connectivity index (χ3n) is 6.51. The van der Waals surface area contributed by atoms with Crippen LogP contribution in [0.5, 0.6) is 0 Å². The number of phosphoric acid groups is 3. The molecular formula is C27H44N5O16P3S4. The number of Topliss-reactive ketones (excluding diaryl/α,β-unsaturated/α-hetero) is 1. The van der Waals surface area contributed by atoms with E-state index in [-0.39, 0.29) is 52.3 Å². The Balaban J connectivity index is 2.04. The van der Waals surface area contributed by atoms with Gasteiger partial charge in [0.2, 0.25) is 0 Å². The van der Waals surface area contributed by atoms with E-state index in [0.717, 1.165) is 10.8 Å². The highest BCUT2D eigenvalue weighted by Crippen LogP contribution is 2.66. The largest absolute Gasteiger partial charge is 0.490 e. The van der Waals surface area contributed by atoms with Crippen molar-refractivity contribution in [2.75, 3.05) is 31.6 Å². The van der Waals surface area contributed by atoms with Crippen molar-refractivity contribution in [2.45, 2.75) is 94.7 Å². The first-order valence-corrected chi connectivity index (χ1v) is 25.2. The van der Waals surface area contributed by atoms with Crippen LogP contribution >= 0.6 is 66.6 Å². The van der Waals surface area contributed by atoms with Crippen molar-refractivity contribution in [2.24, 2.45) is 5.11 Å². The molecule has 0 amide bonds. The Morgan fingerprint density at radius 1 is 1.07 bits per heavy atom. The summed E-state index contributed by atoms with van der Waals surface area (Å²) in [6.45, 7) is 9.36. The summed E-state index contributed by atoms with van der Waals surface area (Å²) in [6, 6.07) is 0. The summed E-state index contributed by atoms with van der Waals surface area (Å²) in [4.78, 5) is 79.2. The summed E-state index contributed by atoms with van der Waals surface area (Å²) in [7, 11) is -11.0. The first kappa shape index (κ1) is 50.1. The highest BCUT2D eigenvalue weighted by Gasteiger charge is 2.43. The van der Waals surface area contributed by atoms with E-state index in [0.29, 0.717) is 25.7 Å². The number of ketones is 1. The number of azide groups is 1. The van der Waals surface area contributed by atoms with E-state index in [4.69, 9.17) is 34.1 Å². The normalized spacial score (nSPS) is 19.8. The first-order chi connectivity index (χ1) is 25.4. The monoisotopic (exact) mass is 915 g/mol. The van der Waals surface area contributed by atoms with Gasteiger partial charge in [-0.25, -0.2) is 18.5 Å². The number of rotatable bonds is 24. The van der Waals surface area contributed by atoms with Crippen LogP contribution in [-0.2, 0) is 45.8 Å². The van der Waals surface area contributed by atoms with Crippen LogP contribution in [-0.4, -0.2) is 88.2 Å². The van der Waals surface area contributed by atoms with Crippen LogP contribution in [0.15, 0.2) is 20.9 Å². The minimum atomic E-state index is -5.76. The second kappa shape index (κ2) is 22.9. The molecule has 1 aromatic heterocycles. The molecule has 0 spiro atoms. The molecule has 1 aliphatic rings. The molecule has 3 unspecified atom stereocenters. The number of ether oxygens (including phenoxy) is 3. The van der Waals surface area contributed by atoms with Gasteiger partial charge in [0.25, 0.3) is 5.56 Å².